The molecular formula is C15H14FNO3. The Kier molecular flexibility index (Phi) is 4.32. The highest BCUT2D eigenvalue weighted by atomic mass is 19.1. The first kappa shape index (κ1) is 14.0. The maximum Gasteiger partial charge on any atom is 0.255 e. The predicted octanol–water partition coefficient (Wildman–Crippen LogP) is 1.99. The lowest BCUT2D eigenvalue weighted by molar-refractivity contribution is 0.0913. The van der Waals surface area contributed by atoms with Crippen molar-refractivity contribution in [2.24, 2.45) is 0 Å². The molecule has 1 unspecified atom stereocenters. The van der Waals surface area contributed by atoms with E-state index in [0.29, 0.717) is 0 Å². The first-order valence-corrected chi connectivity index (χ1v) is 6.07. The molecule has 0 radical (unpaired) electrons. The number of nitrogens with one attached hydrogen (secondary N) is 1. The fraction of sp³-hybridized carbons (Fsp3) is 0.133. The predicted molar refractivity (Wildman–Crippen MR) is 71.8 cm³/mol. The van der Waals surface area contributed by atoms with Crippen LogP contribution in [0, 0.1) is 5.82 Å². The topological polar surface area (TPSA) is 69.6 Å². The van der Waals surface area contributed by atoms with Crippen LogP contribution in [0.3, 0.4) is 0 Å². The third-order valence-electron chi connectivity index (χ3n) is 2.89. The van der Waals surface area contributed by atoms with E-state index in [1.54, 1.807) is 24.3 Å². The van der Waals surface area contributed by atoms with Crippen LogP contribution in [0.2, 0.25) is 0 Å². The lowest BCUT2D eigenvalue weighted by Gasteiger charge is -2.17. The van der Waals surface area contributed by atoms with Gasteiger partial charge in [-0.05, 0) is 23.8 Å². The Bertz CT molecular complexity index is 601. The number of aliphatic hydroxyl groups is 1. The van der Waals surface area contributed by atoms with Crippen molar-refractivity contribution in [2.45, 2.75) is 6.04 Å². The summed E-state index contributed by atoms with van der Waals surface area (Å²) in [5.41, 5.74) is 0.554. The van der Waals surface area contributed by atoms with Crippen LogP contribution in [-0.4, -0.2) is 22.7 Å². The van der Waals surface area contributed by atoms with Crippen LogP contribution >= 0.6 is 0 Å². The molecule has 2 aromatic carbocycles. The van der Waals surface area contributed by atoms with E-state index in [0.717, 1.165) is 23.8 Å². The van der Waals surface area contributed by atoms with Crippen molar-refractivity contribution in [1.82, 2.24) is 5.32 Å². The number of carbonyl (C=O) groups is 1. The van der Waals surface area contributed by atoms with Crippen LogP contribution in [0.15, 0.2) is 48.5 Å². The number of halogens is 1. The van der Waals surface area contributed by atoms with E-state index in [2.05, 4.69) is 5.32 Å². The Morgan fingerprint density at radius 3 is 2.55 bits per heavy atom. The normalized spacial score (nSPS) is 11.9. The molecule has 1 atom stereocenters. The number of rotatable bonds is 4. The van der Waals surface area contributed by atoms with Gasteiger partial charge in [0, 0.05) is 0 Å². The highest BCUT2D eigenvalue weighted by Crippen LogP contribution is 2.19. The Morgan fingerprint density at radius 2 is 1.90 bits per heavy atom. The van der Waals surface area contributed by atoms with E-state index < -0.39 is 17.8 Å². The molecule has 0 aliphatic heterocycles. The number of carbonyl (C=O) groups excluding carboxylic acids is 1. The van der Waals surface area contributed by atoms with Gasteiger partial charge < -0.3 is 15.5 Å². The van der Waals surface area contributed by atoms with Gasteiger partial charge in [-0.1, -0.05) is 30.3 Å². The highest BCUT2D eigenvalue weighted by Gasteiger charge is 2.17. The van der Waals surface area contributed by atoms with Crippen molar-refractivity contribution in [1.29, 1.82) is 0 Å². The van der Waals surface area contributed by atoms with E-state index in [-0.39, 0.29) is 17.9 Å². The maximum absolute atomic E-state index is 13.1. The Balaban J connectivity index is 2.20. The molecule has 5 heteroatoms. The molecule has 3 N–H and O–H groups in total. The van der Waals surface area contributed by atoms with E-state index in [1.807, 2.05) is 6.07 Å². The summed E-state index contributed by atoms with van der Waals surface area (Å²) in [5.74, 6) is -1.58. The second kappa shape index (κ2) is 6.16. The average Bonchev–Trinajstić information content (AvgIpc) is 2.48. The molecule has 2 rings (SSSR count). The summed E-state index contributed by atoms with van der Waals surface area (Å²) >= 11 is 0. The number of phenols is 1. The summed E-state index contributed by atoms with van der Waals surface area (Å²) in [6, 6.07) is 11.4. The van der Waals surface area contributed by atoms with Gasteiger partial charge in [-0.25, -0.2) is 4.39 Å². The summed E-state index contributed by atoms with van der Waals surface area (Å²) in [6.07, 6.45) is 0. The smallest absolute Gasteiger partial charge is 0.255 e. The van der Waals surface area contributed by atoms with Crippen LogP contribution < -0.4 is 5.32 Å². The van der Waals surface area contributed by atoms with Crippen molar-refractivity contribution in [3.05, 3.63) is 65.5 Å². The number of amides is 1. The second-order valence-corrected chi connectivity index (χ2v) is 4.28. The van der Waals surface area contributed by atoms with Gasteiger partial charge in [-0.2, -0.15) is 0 Å². The van der Waals surface area contributed by atoms with Crippen LogP contribution in [0.1, 0.15) is 22.0 Å². The third kappa shape index (κ3) is 3.13. The van der Waals surface area contributed by atoms with Gasteiger partial charge >= 0.3 is 0 Å². The molecule has 104 valence electrons. The van der Waals surface area contributed by atoms with Gasteiger partial charge in [0.1, 0.15) is 11.6 Å². The number of aliphatic hydroxyl groups excluding tert-OH is 1. The zero-order chi connectivity index (χ0) is 14.5. The van der Waals surface area contributed by atoms with Crippen LogP contribution in [0.5, 0.6) is 5.75 Å². The zero-order valence-electron chi connectivity index (χ0n) is 10.6. The van der Waals surface area contributed by atoms with Gasteiger partial charge in [0.15, 0.2) is 0 Å². The van der Waals surface area contributed by atoms with Crippen molar-refractivity contribution < 1.29 is 19.4 Å². The van der Waals surface area contributed by atoms with Gasteiger partial charge in [-0.3, -0.25) is 4.79 Å². The molecule has 0 saturated heterocycles. The number of phenolic OH excluding ortho intramolecular Hbond substituents is 1. The number of benzene rings is 2. The molecule has 1 amide bonds. The van der Waals surface area contributed by atoms with E-state index in [1.165, 1.54) is 0 Å². The SMILES string of the molecule is O=C(NC(CO)c1ccccc1)c1cc(F)ccc1O. The van der Waals surface area contributed by atoms with E-state index >= 15 is 0 Å². The van der Waals surface area contributed by atoms with Gasteiger partial charge in [-0.15, -0.1) is 0 Å². The lowest BCUT2D eigenvalue weighted by atomic mass is 10.1. The Labute approximate surface area is 115 Å². The first-order chi connectivity index (χ1) is 9.61. The molecule has 0 fully saturated rings. The minimum Gasteiger partial charge on any atom is -0.507 e. The summed E-state index contributed by atoms with van der Waals surface area (Å²) in [5, 5.41) is 21.5. The first-order valence-electron chi connectivity index (χ1n) is 6.07. The summed E-state index contributed by atoms with van der Waals surface area (Å²) in [4.78, 5) is 12.0. The molecule has 0 bridgehead atoms. The summed E-state index contributed by atoms with van der Waals surface area (Å²) < 4.78 is 13.1. The van der Waals surface area contributed by atoms with Crippen molar-refractivity contribution in [3.63, 3.8) is 0 Å². The molecular weight excluding hydrogens is 261 g/mol. The minimum absolute atomic E-state index is 0.167. The molecule has 0 spiro atoms. The van der Waals surface area contributed by atoms with E-state index in [9.17, 15) is 19.4 Å². The third-order valence-corrected chi connectivity index (χ3v) is 2.89. The second-order valence-electron chi connectivity index (χ2n) is 4.28. The van der Waals surface area contributed by atoms with Crippen molar-refractivity contribution in [3.8, 4) is 5.75 Å². The molecule has 20 heavy (non-hydrogen) atoms. The Hall–Kier alpha value is -2.40. The lowest BCUT2D eigenvalue weighted by Crippen LogP contribution is -2.30. The molecule has 0 heterocycles. The number of aromatic hydroxyl groups is 1. The summed E-state index contributed by atoms with van der Waals surface area (Å²) in [7, 11) is 0. The standard InChI is InChI=1S/C15H14FNO3/c16-11-6-7-14(19)12(8-11)15(20)17-13(9-18)10-4-2-1-3-5-10/h1-8,13,18-19H,9H2,(H,17,20). The van der Waals surface area contributed by atoms with Crippen LogP contribution in [0.25, 0.3) is 0 Å². The van der Waals surface area contributed by atoms with Crippen LogP contribution in [0.4, 0.5) is 4.39 Å². The quantitative estimate of drug-likeness (QED) is 0.799. The fourth-order valence-electron chi connectivity index (χ4n) is 1.85. The van der Waals surface area contributed by atoms with Crippen LogP contribution in [-0.2, 0) is 0 Å². The highest BCUT2D eigenvalue weighted by molar-refractivity contribution is 5.97. The monoisotopic (exact) mass is 275 g/mol. The molecule has 0 aliphatic carbocycles. The maximum atomic E-state index is 13.1. The largest absolute Gasteiger partial charge is 0.507 e. The zero-order valence-corrected chi connectivity index (χ0v) is 10.6. The van der Waals surface area contributed by atoms with E-state index in [4.69, 9.17) is 0 Å². The fourth-order valence-corrected chi connectivity index (χ4v) is 1.85. The minimum atomic E-state index is -0.648. The van der Waals surface area contributed by atoms with Crippen molar-refractivity contribution >= 4 is 5.91 Å². The van der Waals surface area contributed by atoms with Gasteiger partial charge in [0.2, 0.25) is 0 Å². The van der Waals surface area contributed by atoms with Gasteiger partial charge in [0.25, 0.3) is 5.91 Å². The average molecular weight is 275 g/mol. The summed E-state index contributed by atoms with van der Waals surface area (Å²) in [6.45, 7) is -0.300. The Morgan fingerprint density at radius 1 is 1.20 bits per heavy atom. The molecule has 0 saturated carbocycles. The molecule has 0 aromatic heterocycles. The van der Waals surface area contributed by atoms with Gasteiger partial charge in [0.05, 0.1) is 18.2 Å². The molecule has 2 aromatic rings. The number of hydrogen-bond donors (Lipinski definition) is 3. The molecule has 0 aliphatic rings. The molecule has 4 nitrogen and oxygen atoms in total. The number of hydrogen-bond acceptors (Lipinski definition) is 3. The van der Waals surface area contributed by atoms with Crippen molar-refractivity contribution in [2.75, 3.05) is 6.61 Å².